The van der Waals surface area contributed by atoms with Crippen molar-refractivity contribution in [3.8, 4) is 0 Å². The van der Waals surface area contributed by atoms with E-state index in [1.54, 1.807) is 42.6 Å². The lowest BCUT2D eigenvalue weighted by Gasteiger charge is -2.17. The highest BCUT2D eigenvalue weighted by Crippen LogP contribution is 2.25. The van der Waals surface area contributed by atoms with E-state index < -0.39 is 17.9 Å². The number of carbonyl (C=O) groups is 1. The second-order valence-corrected chi connectivity index (χ2v) is 5.37. The SMILES string of the molecule is O=C(/C=C\c1ccccc1)O[C@@H](c1cccc(F)c1)c1ccccn1. The van der Waals surface area contributed by atoms with Crippen molar-refractivity contribution in [1.29, 1.82) is 0 Å². The standard InChI is InChI=1S/C21H16FNO2/c22-18-10-6-9-17(15-18)21(19-11-4-5-14-23-19)25-20(24)13-12-16-7-2-1-3-8-16/h1-15,21H/b13-12-/t21-/m0/s1. The van der Waals surface area contributed by atoms with Crippen LogP contribution in [-0.4, -0.2) is 11.0 Å². The summed E-state index contributed by atoms with van der Waals surface area (Å²) in [6, 6.07) is 20.7. The minimum Gasteiger partial charge on any atom is -0.448 e. The van der Waals surface area contributed by atoms with E-state index in [-0.39, 0.29) is 0 Å². The van der Waals surface area contributed by atoms with Crippen LogP contribution in [0.4, 0.5) is 4.39 Å². The first-order valence-electron chi connectivity index (χ1n) is 7.82. The van der Waals surface area contributed by atoms with Gasteiger partial charge in [-0.2, -0.15) is 0 Å². The molecule has 0 saturated carbocycles. The predicted octanol–water partition coefficient (Wildman–Crippen LogP) is 4.57. The molecule has 2 aromatic carbocycles. The summed E-state index contributed by atoms with van der Waals surface area (Å²) in [5.74, 6) is -0.918. The van der Waals surface area contributed by atoms with Crippen LogP contribution >= 0.6 is 0 Å². The van der Waals surface area contributed by atoms with Crippen LogP contribution in [0.3, 0.4) is 0 Å². The van der Waals surface area contributed by atoms with Crippen LogP contribution in [0.25, 0.3) is 6.08 Å². The Kier molecular flexibility index (Phi) is 5.32. The van der Waals surface area contributed by atoms with Gasteiger partial charge in [-0.1, -0.05) is 48.5 Å². The number of esters is 1. The molecule has 0 fully saturated rings. The van der Waals surface area contributed by atoms with Crippen LogP contribution in [-0.2, 0) is 9.53 Å². The molecule has 0 N–H and O–H groups in total. The number of halogens is 1. The van der Waals surface area contributed by atoms with Gasteiger partial charge < -0.3 is 4.74 Å². The molecule has 0 bridgehead atoms. The van der Waals surface area contributed by atoms with E-state index in [9.17, 15) is 9.18 Å². The zero-order valence-corrected chi connectivity index (χ0v) is 13.4. The highest BCUT2D eigenvalue weighted by molar-refractivity contribution is 5.87. The Labute approximate surface area is 145 Å². The van der Waals surface area contributed by atoms with Gasteiger partial charge in [0.05, 0.1) is 5.69 Å². The van der Waals surface area contributed by atoms with E-state index >= 15 is 0 Å². The molecule has 25 heavy (non-hydrogen) atoms. The van der Waals surface area contributed by atoms with Crippen molar-refractivity contribution >= 4 is 12.0 Å². The molecule has 0 radical (unpaired) electrons. The predicted molar refractivity (Wildman–Crippen MR) is 94.0 cm³/mol. The van der Waals surface area contributed by atoms with Gasteiger partial charge in [0.1, 0.15) is 5.82 Å². The van der Waals surface area contributed by atoms with Crippen molar-refractivity contribution in [2.75, 3.05) is 0 Å². The van der Waals surface area contributed by atoms with E-state index in [1.165, 1.54) is 18.2 Å². The summed E-state index contributed by atoms with van der Waals surface area (Å²) in [4.78, 5) is 16.5. The summed E-state index contributed by atoms with van der Waals surface area (Å²) >= 11 is 0. The van der Waals surface area contributed by atoms with E-state index in [0.29, 0.717) is 11.3 Å². The summed E-state index contributed by atoms with van der Waals surface area (Å²) in [6.07, 6.45) is 3.85. The van der Waals surface area contributed by atoms with E-state index in [0.717, 1.165) is 5.56 Å². The number of benzene rings is 2. The lowest BCUT2D eigenvalue weighted by molar-refractivity contribution is -0.141. The Bertz CT molecular complexity index is 863. The average molecular weight is 333 g/mol. The number of carbonyl (C=O) groups excluding carboxylic acids is 1. The molecule has 0 saturated heterocycles. The number of hydrogen-bond acceptors (Lipinski definition) is 3. The van der Waals surface area contributed by atoms with Crippen molar-refractivity contribution in [3.05, 3.63) is 108 Å². The van der Waals surface area contributed by atoms with Gasteiger partial charge in [0.15, 0.2) is 6.10 Å². The molecular formula is C21H16FNO2. The molecule has 0 aliphatic carbocycles. The normalized spacial score (nSPS) is 12.0. The fraction of sp³-hybridized carbons (Fsp3) is 0.0476. The molecule has 3 rings (SSSR count). The topological polar surface area (TPSA) is 39.2 Å². The quantitative estimate of drug-likeness (QED) is 0.507. The first-order valence-corrected chi connectivity index (χ1v) is 7.82. The second-order valence-electron chi connectivity index (χ2n) is 5.37. The van der Waals surface area contributed by atoms with Crippen LogP contribution < -0.4 is 0 Å². The molecular weight excluding hydrogens is 317 g/mol. The van der Waals surface area contributed by atoms with Crippen molar-refractivity contribution in [2.24, 2.45) is 0 Å². The summed E-state index contributed by atoms with van der Waals surface area (Å²) < 4.78 is 19.1. The largest absolute Gasteiger partial charge is 0.448 e. The van der Waals surface area contributed by atoms with Crippen molar-refractivity contribution < 1.29 is 13.9 Å². The van der Waals surface area contributed by atoms with E-state index in [4.69, 9.17) is 4.74 Å². The van der Waals surface area contributed by atoms with Crippen molar-refractivity contribution in [2.45, 2.75) is 6.10 Å². The van der Waals surface area contributed by atoms with Crippen LogP contribution in [0.15, 0.2) is 85.1 Å². The van der Waals surface area contributed by atoms with Gasteiger partial charge in [-0.15, -0.1) is 0 Å². The zero-order chi connectivity index (χ0) is 17.5. The van der Waals surface area contributed by atoms with E-state index in [1.807, 2.05) is 30.3 Å². The van der Waals surface area contributed by atoms with Crippen LogP contribution in [0.2, 0.25) is 0 Å². The molecule has 1 atom stereocenters. The maximum Gasteiger partial charge on any atom is 0.331 e. The summed E-state index contributed by atoms with van der Waals surface area (Å²) in [6.45, 7) is 0. The molecule has 124 valence electrons. The van der Waals surface area contributed by atoms with Gasteiger partial charge in [-0.3, -0.25) is 4.98 Å². The molecule has 0 unspecified atom stereocenters. The third kappa shape index (κ3) is 4.61. The number of nitrogens with zero attached hydrogens (tertiary/aromatic N) is 1. The molecule has 0 aliphatic heterocycles. The number of ether oxygens (including phenoxy) is 1. The minimum atomic E-state index is -0.773. The van der Waals surface area contributed by atoms with Crippen molar-refractivity contribution in [1.82, 2.24) is 4.98 Å². The Hall–Kier alpha value is -3.27. The smallest absolute Gasteiger partial charge is 0.331 e. The Balaban J connectivity index is 1.83. The fourth-order valence-corrected chi connectivity index (χ4v) is 2.38. The molecule has 0 spiro atoms. The summed E-state index contributed by atoms with van der Waals surface area (Å²) in [7, 11) is 0. The van der Waals surface area contributed by atoms with Crippen molar-refractivity contribution in [3.63, 3.8) is 0 Å². The number of rotatable bonds is 5. The minimum absolute atomic E-state index is 0.394. The molecule has 0 amide bonds. The van der Waals surface area contributed by atoms with Gasteiger partial charge in [-0.05, 0) is 35.9 Å². The number of hydrogen-bond donors (Lipinski definition) is 0. The van der Waals surface area contributed by atoms with Crippen LogP contribution in [0.1, 0.15) is 22.9 Å². The lowest BCUT2D eigenvalue weighted by atomic mass is 10.1. The number of pyridine rings is 1. The maximum atomic E-state index is 13.6. The lowest BCUT2D eigenvalue weighted by Crippen LogP contribution is -2.12. The summed E-state index contributed by atoms with van der Waals surface area (Å²) in [5.41, 5.74) is 1.95. The summed E-state index contributed by atoms with van der Waals surface area (Å²) in [5, 5.41) is 0. The average Bonchev–Trinajstić information content (AvgIpc) is 2.66. The Morgan fingerprint density at radius 3 is 2.52 bits per heavy atom. The van der Waals surface area contributed by atoms with Gasteiger partial charge in [0.25, 0.3) is 0 Å². The molecule has 3 nitrogen and oxygen atoms in total. The fourth-order valence-electron chi connectivity index (χ4n) is 2.38. The van der Waals surface area contributed by atoms with Crippen LogP contribution in [0, 0.1) is 5.82 Å². The van der Waals surface area contributed by atoms with Crippen LogP contribution in [0.5, 0.6) is 0 Å². The molecule has 3 aromatic rings. The third-order valence-corrected chi connectivity index (χ3v) is 3.55. The highest BCUT2D eigenvalue weighted by atomic mass is 19.1. The van der Waals surface area contributed by atoms with Gasteiger partial charge in [-0.25, -0.2) is 9.18 Å². The first kappa shape index (κ1) is 16.6. The first-order chi connectivity index (χ1) is 12.2. The molecule has 0 aliphatic rings. The van der Waals surface area contributed by atoms with Gasteiger partial charge >= 0.3 is 5.97 Å². The van der Waals surface area contributed by atoms with Gasteiger partial charge in [0, 0.05) is 17.8 Å². The monoisotopic (exact) mass is 333 g/mol. The Morgan fingerprint density at radius 1 is 1.00 bits per heavy atom. The second kappa shape index (κ2) is 8.02. The molecule has 4 heteroatoms. The Morgan fingerprint density at radius 2 is 1.80 bits per heavy atom. The van der Waals surface area contributed by atoms with E-state index in [2.05, 4.69) is 4.98 Å². The maximum absolute atomic E-state index is 13.6. The highest BCUT2D eigenvalue weighted by Gasteiger charge is 2.19. The van der Waals surface area contributed by atoms with Gasteiger partial charge in [0.2, 0.25) is 0 Å². The third-order valence-electron chi connectivity index (χ3n) is 3.55. The molecule has 1 heterocycles. The molecule has 1 aromatic heterocycles. The zero-order valence-electron chi connectivity index (χ0n) is 13.4. The number of aromatic nitrogens is 1.